The summed E-state index contributed by atoms with van der Waals surface area (Å²) in [6, 6.07) is 8.72. The third kappa shape index (κ3) is 4.01. The van der Waals surface area contributed by atoms with E-state index in [0.29, 0.717) is 11.5 Å². The van der Waals surface area contributed by atoms with E-state index in [-0.39, 0.29) is 5.75 Å². The van der Waals surface area contributed by atoms with Gasteiger partial charge in [0.15, 0.2) is 5.82 Å². The number of rotatable bonds is 5. The number of hydrogen-bond donors (Lipinski definition) is 0. The third-order valence-electron chi connectivity index (χ3n) is 3.04. The van der Waals surface area contributed by atoms with Gasteiger partial charge in [0.25, 0.3) is 0 Å². The van der Waals surface area contributed by atoms with Crippen molar-refractivity contribution in [2.75, 3.05) is 18.0 Å². The number of anilines is 1. The smallest absolute Gasteiger partial charge is 0.174 e. The van der Waals surface area contributed by atoms with E-state index >= 15 is 0 Å². The first kappa shape index (κ1) is 15.4. The molecule has 1 heterocycles. The van der Waals surface area contributed by atoms with E-state index in [1.54, 1.807) is 24.4 Å². The summed E-state index contributed by atoms with van der Waals surface area (Å²) < 4.78 is 0.870. The molecule has 0 amide bonds. The topological polar surface area (TPSA) is 63.9 Å². The minimum Gasteiger partial charge on any atom is -0.871 e. The Labute approximate surface area is 132 Å². The van der Waals surface area contributed by atoms with Crippen molar-refractivity contribution in [1.29, 1.82) is 0 Å². The Morgan fingerprint density at radius 1 is 1.14 bits per heavy atom. The van der Waals surface area contributed by atoms with Crippen LogP contribution < -0.4 is 10.0 Å². The van der Waals surface area contributed by atoms with Crippen molar-refractivity contribution < 1.29 is 5.11 Å². The van der Waals surface area contributed by atoms with Crippen LogP contribution in [-0.4, -0.2) is 18.1 Å². The maximum atomic E-state index is 12.0. The summed E-state index contributed by atoms with van der Waals surface area (Å²) >= 11 is 3.30. The Hall–Kier alpha value is -1.95. The Kier molecular flexibility index (Phi) is 5.27. The van der Waals surface area contributed by atoms with Crippen LogP contribution in [0.4, 0.5) is 17.2 Å². The van der Waals surface area contributed by atoms with Gasteiger partial charge in [0, 0.05) is 29.4 Å². The van der Waals surface area contributed by atoms with Crippen LogP contribution in [0.15, 0.2) is 51.2 Å². The Morgan fingerprint density at radius 3 is 2.48 bits per heavy atom. The highest BCUT2D eigenvalue weighted by molar-refractivity contribution is 9.10. The van der Waals surface area contributed by atoms with Crippen LogP contribution in [0.5, 0.6) is 5.75 Å². The molecule has 0 fully saturated rings. The molecule has 1 aromatic heterocycles. The van der Waals surface area contributed by atoms with E-state index in [1.807, 2.05) is 12.1 Å². The molecule has 0 bridgehead atoms. The fraction of sp³-hybridized carbons (Fsp3) is 0.267. The number of pyridine rings is 1. The van der Waals surface area contributed by atoms with Crippen LogP contribution in [0.2, 0.25) is 0 Å². The van der Waals surface area contributed by atoms with E-state index in [4.69, 9.17) is 0 Å². The molecular weight excluding hydrogens is 332 g/mol. The predicted molar refractivity (Wildman–Crippen MR) is 85.6 cm³/mol. The van der Waals surface area contributed by atoms with Gasteiger partial charge in [0.1, 0.15) is 0 Å². The van der Waals surface area contributed by atoms with Crippen molar-refractivity contribution in [3.63, 3.8) is 0 Å². The second-order valence-electron chi connectivity index (χ2n) is 4.36. The Balaban J connectivity index is 2.19. The molecule has 0 unspecified atom stereocenters. The fourth-order valence-corrected chi connectivity index (χ4v) is 2.14. The van der Waals surface area contributed by atoms with Gasteiger partial charge < -0.3 is 10.0 Å². The summed E-state index contributed by atoms with van der Waals surface area (Å²) in [5.74, 6) is 0.325. The second-order valence-corrected chi connectivity index (χ2v) is 5.27. The first-order chi connectivity index (χ1) is 10.1. The molecule has 0 spiro atoms. The van der Waals surface area contributed by atoms with Crippen molar-refractivity contribution >= 4 is 33.1 Å². The zero-order chi connectivity index (χ0) is 15.2. The highest BCUT2D eigenvalue weighted by Crippen LogP contribution is 2.30. The fourth-order valence-electron chi connectivity index (χ4n) is 1.90. The maximum absolute atomic E-state index is 12.0. The predicted octanol–water partition coefficient (Wildman–Crippen LogP) is 4.18. The molecule has 2 rings (SSSR count). The molecule has 0 aliphatic rings. The highest BCUT2D eigenvalue weighted by Gasteiger charge is 2.02. The molecule has 5 nitrogen and oxygen atoms in total. The quantitative estimate of drug-likeness (QED) is 0.762. The first-order valence-electron chi connectivity index (χ1n) is 6.73. The number of benzene rings is 1. The van der Waals surface area contributed by atoms with E-state index in [0.717, 1.165) is 23.2 Å². The van der Waals surface area contributed by atoms with Gasteiger partial charge in [-0.15, -0.1) is 10.2 Å². The van der Waals surface area contributed by atoms with E-state index in [2.05, 4.69) is 49.9 Å². The molecular formula is C15H16BrN4O-. The lowest BCUT2D eigenvalue weighted by atomic mass is 10.2. The summed E-state index contributed by atoms with van der Waals surface area (Å²) in [6.45, 7) is 5.83. The average Bonchev–Trinajstić information content (AvgIpc) is 2.49. The SMILES string of the molecule is CCN(CC)c1ccc(N=Nc2ccc(Br)cn2)c([O-])c1. The van der Waals surface area contributed by atoms with Crippen LogP contribution in [0.1, 0.15) is 13.8 Å². The Morgan fingerprint density at radius 2 is 1.90 bits per heavy atom. The van der Waals surface area contributed by atoms with Gasteiger partial charge in [-0.1, -0.05) is 5.75 Å². The van der Waals surface area contributed by atoms with Gasteiger partial charge >= 0.3 is 0 Å². The zero-order valence-electron chi connectivity index (χ0n) is 12.0. The van der Waals surface area contributed by atoms with E-state index < -0.39 is 0 Å². The molecule has 21 heavy (non-hydrogen) atoms. The van der Waals surface area contributed by atoms with Crippen LogP contribution >= 0.6 is 15.9 Å². The molecule has 0 radical (unpaired) electrons. The monoisotopic (exact) mass is 347 g/mol. The largest absolute Gasteiger partial charge is 0.871 e. The van der Waals surface area contributed by atoms with Crippen molar-refractivity contribution in [1.82, 2.24) is 4.98 Å². The number of aromatic nitrogens is 1. The first-order valence-corrected chi connectivity index (χ1v) is 7.52. The molecule has 1 aromatic carbocycles. The molecule has 0 N–H and O–H groups in total. The number of halogens is 1. The van der Waals surface area contributed by atoms with Crippen LogP contribution in [-0.2, 0) is 0 Å². The van der Waals surface area contributed by atoms with Gasteiger partial charge in [-0.3, -0.25) is 0 Å². The second kappa shape index (κ2) is 7.17. The van der Waals surface area contributed by atoms with Crippen molar-refractivity contribution in [3.8, 4) is 5.75 Å². The number of hydrogen-bond acceptors (Lipinski definition) is 5. The van der Waals surface area contributed by atoms with E-state index in [1.165, 1.54) is 0 Å². The van der Waals surface area contributed by atoms with Crippen LogP contribution in [0, 0.1) is 0 Å². The van der Waals surface area contributed by atoms with Crippen LogP contribution in [0.25, 0.3) is 0 Å². The third-order valence-corrected chi connectivity index (χ3v) is 3.51. The van der Waals surface area contributed by atoms with Gasteiger partial charge in [0.2, 0.25) is 0 Å². The lowest BCUT2D eigenvalue weighted by molar-refractivity contribution is -0.267. The van der Waals surface area contributed by atoms with Gasteiger partial charge in [-0.05, 0) is 60.1 Å². The number of azo groups is 1. The van der Waals surface area contributed by atoms with Crippen molar-refractivity contribution in [3.05, 3.63) is 41.0 Å². The summed E-state index contributed by atoms with van der Waals surface area (Å²) in [5, 5.41) is 20.0. The molecule has 0 aliphatic heterocycles. The normalized spacial score (nSPS) is 11.0. The van der Waals surface area contributed by atoms with Gasteiger partial charge in [-0.2, -0.15) is 0 Å². The molecule has 0 atom stereocenters. The standard InChI is InChI=1S/C15H17BrN4O/c1-3-20(4-2)12-6-7-13(14(21)9-12)18-19-15-8-5-11(16)10-17-15/h5-10,21H,3-4H2,1-2H3/p-1. The number of nitrogens with zero attached hydrogens (tertiary/aromatic N) is 4. The maximum Gasteiger partial charge on any atom is 0.174 e. The van der Waals surface area contributed by atoms with Gasteiger partial charge in [-0.25, -0.2) is 4.98 Å². The molecule has 110 valence electrons. The van der Waals surface area contributed by atoms with Crippen molar-refractivity contribution in [2.45, 2.75) is 13.8 Å². The van der Waals surface area contributed by atoms with Gasteiger partial charge in [0.05, 0.1) is 5.69 Å². The summed E-state index contributed by atoms with van der Waals surface area (Å²) in [7, 11) is 0. The molecule has 0 aliphatic carbocycles. The van der Waals surface area contributed by atoms with E-state index in [9.17, 15) is 5.11 Å². The molecule has 0 saturated carbocycles. The summed E-state index contributed by atoms with van der Waals surface area (Å²) in [4.78, 5) is 6.19. The van der Waals surface area contributed by atoms with Crippen LogP contribution in [0.3, 0.4) is 0 Å². The molecule has 0 saturated heterocycles. The lowest BCUT2D eigenvalue weighted by Gasteiger charge is -2.23. The average molecular weight is 348 g/mol. The lowest BCUT2D eigenvalue weighted by Crippen LogP contribution is -2.21. The van der Waals surface area contributed by atoms with Crippen molar-refractivity contribution in [2.24, 2.45) is 10.2 Å². The molecule has 6 heteroatoms. The minimum absolute atomic E-state index is 0.139. The Bertz CT molecular complexity index is 624. The summed E-state index contributed by atoms with van der Waals surface area (Å²) in [5.41, 5.74) is 1.22. The zero-order valence-corrected chi connectivity index (χ0v) is 13.5. The summed E-state index contributed by atoms with van der Waals surface area (Å²) in [6.07, 6.45) is 1.63. The highest BCUT2D eigenvalue weighted by atomic mass is 79.9. The minimum atomic E-state index is -0.139. The molecule has 2 aromatic rings.